The van der Waals surface area contributed by atoms with E-state index >= 15 is 0 Å². The minimum Gasteiger partial charge on any atom is -0.368 e. The van der Waals surface area contributed by atoms with Crippen LogP contribution in [0.2, 0.25) is 5.02 Å². The first-order chi connectivity index (χ1) is 8.88. The predicted molar refractivity (Wildman–Crippen MR) is 75.6 cm³/mol. The molecule has 0 saturated carbocycles. The summed E-state index contributed by atoms with van der Waals surface area (Å²) in [5.74, 6) is 0. The van der Waals surface area contributed by atoms with E-state index in [-0.39, 0.29) is 16.8 Å². The topological polar surface area (TPSA) is 70.2 Å². The normalized spacial score (nSPS) is 10.3. The van der Waals surface area contributed by atoms with Crippen molar-refractivity contribution >= 4 is 23.0 Å². The highest BCUT2D eigenvalue weighted by molar-refractivity contribution is 6.33. The zero-order valence-corrected chi connectivity index (χ0v) is 11.9. The summed E-state index contributed by atoms with van der Waals surface area (Å²) >= 11 is 5.95. The average molecular weight is 282 g/mol. The molecule has 0 unspecified atom stereocenters. The number of nitro benzene ring substituents is 1. The smallest absolute Gasteiger partial charge is 0.288 e. The van der Waals surface area contributed by atoms with Gasteiger partial charge in [-0.2, -0.15) is 5.26 Å². The second-order valence-electron chi connectivity index (χ2n) is 4.54. The standard InChI is InChI=1S/C13H16ClN3O2/c1-9(2)16(6-4-5-15)12-8-11(14)13(17(18)19)7-10(12)3/h7-9H,4,6H2,1-3H3. The van der Waals surface area contributed by atoms with E-state index in [1.54, 1.807) is 13.0 Å². The maximum atomic E-state index is 10.8. The van der Waals surface area contributed by atoms with Crippen molar-refractivity contribution in [3.05, 3.63) is 32.8 Å². The summed E-state index contributed by atoms with van der Waals surface area (Å²) in [5, 5.41) is 19.6. The molecule has 0 bridgehead atoms. The predicted octanol–water partition coefficient (Wildman–Crippen LogP) is 3.69. The second-order valence-corrected chi connectivity index (χ2v) is 4.95. The summed E-state index contributed by atoms with van der Waals surface area (Å²) < 4.78 is 0. The quantitative estimate of drug-likeness (QED) is 0.610. The van der Waals surface area contributed by atoms with Gasteiger partial charge in [0.1, 0.15) is 5.02 Å². The fraction of sp³-hybridized carbons (Fsp3) is 0.462. The molecule has 0 radical (unpaired) electrons. The van der Waals surface area contributed by atoms with E-state index in [2.05, 4.69) is 6.07 Å². The molecule has 0 N–H and O–H groups in total. The number of hydrogen-bond acceptors (Lipinski definition) is 4. The molecule has 0 spiro atoms. The number of aryl methyl sites for hydroxylation is 1. The molecule has 1 aromatic carbocycles. The first-order valence-electron chi connectivity index (χ1n) is 5.96. The van der Waals surface area contributed by atoms with E-state index in [4.69, 9.17) is 16.9 Å². The minimum atomic E-state index is -0.492. The Hall–Kier alpha value is -1.80. The Balaban J connectivity index is 3.21. The Labute approximate surface area is 117 Å². The average Bonchev–Trinajstić information content (AvgIpc) is 2.32. The van der Waals surface area contributed by atoms with Gasteiger partial charge in [-0.25, -0.2) is 0 Å². The summed E-state index contributed by atoms with van der Waals surface area (Å²) in [6.07, 6.45) is 0.395. The molecule has 1 rings (SSSR count). The summed E-state index contributed by atoms with van der Waals surface area (Å²) in [6, 6.07) is 5.36. The third-order valence-electron chi connectivity index (χ3n) is 2.86. The molecule has 0 aliphatic rings. The van der Waals surface area contributed by atoms with Crippen LogP contribution in [0.25, 0.3) is 0 Å². The summed E-state index contributed by atoms with van der Waals surface area (Å²) in [5.41, 5.74) is 1.52. The molecule has 102 valence electrons. The van der Waals surface area contributed by atoms with Gasteiger partial charge >= 0.3 is 0 Å². The largest absolute Gasteiger partial charge is 0.368 e. The minimum absolute atomic E-state index is 0.0908. The lowest BCUT2D eigenvalue weighted by atomic mass is 10.1. The molecule has 0 aromatic heterocycles. The fourth-order valence-electron chi connectivity index (χ4n) is 1.93. The van der Waals surface area contributed by atoms with Crippen molar-refractivity contribution in [3.8, 4) is 6.07 Å². The number of anilines is 1. The van der Waals surface area contributed by atoms with E-state index in [0.29, 0.717) is 13.0 Å². The Morgan fingerprint density at radius 2 is 2.16 bits per heavy atom. The van der Waals surface area contributed by atoms with Crippen molar-refractivity contribution in [3.63, 3.8) is 0 Å². The Bertz CT molecular complexity index is 523. The van der Waals surface area contributed by atoms with Gasteiger partial charge in [-0.1, -0.05) is 11.6 Å². The van der Waals surface area contributed by atoms with Crippen LogP contribution in [0.3, 0.4) is 0 Å². The molecule has 0 aliphatic heterocycles. The number of rotatable bonds is 5. The van der Waals surface area contributed by atoms with Gasteiger partial charge in [0.2, 0.25) is 0 Å². The number of benzene rings is 1. The number of nitro groups is 1. The van der Waals surface area contributed by atoms with Gasteiger partial charge in [0.15, 0.2) is 0 Å². The lowest BCUT2D eigenvalue weighted by Crippen LogP contribution is -2.32. The Morgan fingerprint density at radius 1 is 1.53 bits per heavy atom. The van der Waals surface area contributed by atoms with Crippen molar-refractivity contribution in [2.24, 2.45) is 0 Å². The number of hydrogen-bond donors (Lipinski definition) is 0. The van der Waals surface area contributed by atoms with Gasteiger partial charge < -0.3 is 4.90 Å². The van der Waals surface area contributed by atoms with Crippen LogP contribution in [-0.2, 0) is 0 Å². The maximum absolute atomic E-state index is 10.8. The van der Waals surface area contributed by atoms with Crippen LogP contribution in [0.4, 0.5) is 11.4 Å². The zero-order valence-electron chi connectivity index (χ0n) is 11.2. The first-order valence-corrected chi connectivity index (χ1v) is 6.34. The van der Waals surface area contributed by atoms with Crippen LogP contribution < -0.4 is 4.90 Å². The molecule has 0 fully saturated rings. The zero-order chi connectivity index (χ0) is 14.6. The van der Waals surface area contributed by atoms with Crippen molar-refractivity contribution in [1.82, 2.24) is 0 Å². The highest BCUT2D eigenvalue weighted by Gasteiger charge is 2.19. The molecule has 6 heteroatoms. The molecule has 5 nitrogen and oxygen atoms in total. The van der Waals surface area contributed by atoms with Crippen LogP contribution in [0, 0.1) is 28.4 Å². The van der Waals surface area contributed by atoms with Gasteiger partial charge in [-0.15, -0.1) is 0 Å². The highest BCUT2D eigenvalue weighted by atomic mass is 35.5. The Morgan fingerprint density at radius 3 is 2.63 bits per heavy atom. The van der Waals surface area contributed by atoms with Gasteiger partial charge in [-0.3, -0.25) is 10.1 Å². The first kappa shape index (κ1) is 15.3. The van der Waals surface area contributed by atoms with Crippen molar-refractivity contribution in [1.29, 1.82) is 5.26 Å². The van der Waals surface area contributed by atoms with Crippen LogP contribution >= 0.6 is 11.6 Å². The molecule has 19 heavy (non-hydrogen) atoms. The van der Waals surface area contributed by atoms with E-state index in [9.17, 15) is 10.1 Å². The van der Waals surface area contributed by atoms with Crippen molar-refractivity contribution < 1.29 is 4.92 Å². The fourth-order valence-corrected chi connectivity index (χ4v) is 2.16. The molecular weight excluding hydrogens is 266 g/mol. The van der Waals surface area contributed by atoms with Crippen LogP contribution in [0.15, 0.2) is 12.1 Å². The molecule has 1 aromatic rings. The van der Waals surface area contributed by atoms with E-state index in [0.717, 1.165) is 11.3 Å². The van der Waals surface area contributed by atoms with Gasteiger partial charge in [0, 0.05) is 24.3 Å². The molecule has 0 heterocycles. The van der Waals surface area contributed by atoms with Gasteiger partial charge in [0.25, 0.3) is 5.69 Å². The summed E-state index contributed by atoms with van der Waals surface area (Å²) in [7, 11) is 0. The summed E-state index contributed by atoms with van der Waals surface area (Å²) in [6.45, 7) is 6.39. The van der Waals surface area contributed by atoms with E-state index in [1.165, 1.54) is 6.07 Å². The maximum Gasteiger partial charge on any atom is 0.288 e. The van der Waals surface area contributed by atoms with E-state index in [1.807, 2.05) is 18.7 Å². The van der Waals surface area contributed by atoms with Gasteiger partial charge in [-0.05, 0) is 32.4 Å². The second kappa shape index (κ2) is 6.39. The molecule has 0 aliphatic carbocycles. The number of halogens is 1. The number of nitriles is 1. The van der Waals surface area contributed by atoms with Crippen molar-refractivity contribution in [2.75, 3.05) is 11.4 Å². The third kappa shape index (κ3) is 3.58. The van der Waals surface area contributed by atoms with Crippen molar-refractivity contribution in [2.45, 2.75) is 33.2 Å². The molecule has 0 amide bonds. The molecule has 0 saturated heterocycles. The molecule has 0 atom stereocenters. The lowest BCUT2D eigenvalue weighted by molar-refractivity contribution is -0.384. The van der Waals surface area contributed by atoms with Crippen LogP contribution in [0.1, 0.15) is 25.8 Å². The monoisotopic (exact) mass is 281 g/mol. The summed E-state index contributed by atoms with van der Waals surface area (Å²) in [4.78, 5) is 12.4. The third-order valence-corrected chi connectivity index (χ3v) is 3.16. The van der Waals surface area contributed by atoms with Gasteiger partial charge in [0.05, 0.1) is 17.4 Å². The van der Waals surface area contributed by atoms with Crippen LogP contribution in [0.5, 0.6) is 0 Å². The lowest BCUT2D eigenvalue weighted by Gasteiger charge is -2.29. The van der Waals surface area contributed by atoms with E-state index < -0.39 is 4.92 Å². The highest BCUT2D eigenvalue weighted by Crippen LogP contribution is 2.33. The van der Waals surface area contributed by atoms with Crippen LogP contribution in [-0.4, -0.2) is 17.5 Å². The SMILES string of the molecule is Cc1cc([N+](=O)[O-])c(Cl)cc1N(CCC#N)C(C)C. The number of nitrogens with zero attached hydrogens (tertiary/aromatic N) is 3. The Kier molecular flexibility index (Phi) is 5.13. The molecular formula is C13H16ClN3O2.